The minimum Gasteiger partial charge on any atom is -0.355 e. The second-order valence-corrected chi connectivity index (χ2v) is 7.49. The van der Waals surface area contributed by atoms with E-state index in [2.05, 4.69) is 25.3 Å². The normalized spacial score (nSPS) is 54.0. The Morgan fingerprint density at radius 2 is 1.25 bits per heavy atom. The van der Waals surface area contributed by atoms with Crippen LogP contribution in [0.2, 0.25) is 0 Å². The van der Waals surface area contributed by atoms with Crippen LogP contribution in [0.3, 0.4) is 0 Å². The monoisotopic (exact) mass is 224 g/mol. The van der Waals surface area contributed by atoms with Gasteiger partial charge in [-0.25, -0.2) is 0 Å². The van der Waals surface area contributed by atoms with Gasteiger partial charge >= 0.3 is 0 Å². The quantitative estimate of drug-likeness (QED) is 0.698. The highest BCUT2D eigenvalue weighted by atomic mass is 14.8. The molecule has 0 saturated heterocycles. The van der Waals surface area contributed by atoms with Gasteiger partial charge in [-0.2, -0.15) is 0 Å². The van der Waals surface area contributed by atoms with Crippen molar-refractivity contribution in [2.45, 2.75) is 64.5 Å². The molecule has 4 aliphatic carbocycles. The van der Waals surface area contributed by atoms with E-state index in [1.54, 1.807) is 0 Å². The van der Waals surface area contributed by atoms with Gasteiger partial charge in [0.1, 0.15) is 0 Å². The molecule has 2 nitrogen and oxygen atoms in total. The van der Waals surface area contributed by atoms with E-state index in [0.29, 0.717) is 22.9 Å². The summed E-state index contributed by atoms with van der Waals surface area (Å²) >= 11 is 0. The van der Waals surface area contributed by atoms with Crippen LogP contribution < -0.4 is 11.5 Å². The standard InChI is InChI=1S/C14H26N2/c1-9(15)13-4-11-3-12(5-13)7-14(6-11,8-13)10(2)16/h9-12H,3-8,15-16H2,1-2H3/p+2/t9-,10+,11?,12?,13?,14?. The summed E-state index contributed by atoms with van der Waals surface area (Å²) in [6, 6.07) is 1.27. The molecule has 0 radical (unpaired) electrons. The lowest BCUT2D eigenvalue weighted by molar-refractivity contribution is -0.477. The molecule has 16 heavy (non-hydrogen) atoms. The lowest BCUT2D eigenvalue weighted by Gasteiger charge is -2.62. The van der Waals surface area contributed by atoms with E-state index < -0.39 is 0 Å². The SMILES string of the molecule is C[C@H]([NH3+])C12CC3CC(C1)CC([C@@H](C)[NH3+])(C3)C2. The fraction of sp³-hybridized carbons (Fsp3) is 1.00. The fourth-order valence-electron chi connectivity index (χ4n) is 5.56. The van der Waals surface area contributed by atoms with E-state index in [1.165, 1.54) is 38.5 Å². The van der Waals surface area contributed by atoms with E-state index in [9.17, 15) is 0 Å². The highest BCUT2D eigenvalue weighted by molar-refractivity contribution is 5.10. The first-order valence-electron chi connectivity index (χ1n) is 7.12. The van der Waals surface area contributed by atoms with Crippen molar-refractivity contribution in [3.8, 4) is 0 Å². The van der Waals surface area contributed by atoms with Gasteiger partial charge < -0.3 is 11.5 Å². The van der Waals surface area contributed by atoms with Crippen molar-refractivity contribution in [2.24, 2.45) is 22.7 Å². The topological polar surface area (TPSA) is 55.3 Å². The summed E-state index contributed by atoms with van der Waals surface area (Å²) in [6.07, 6.45) is 8.85. The first-order valence-corrected chi connectivity index (χ1v) is 7.12. The lowest BCUT2D eigenvalue weighted by Crippen LogP contribution is -2.76. The molecule has 2 unspecified atom stereocenters. The minimum atomic E-state index is 0.593. The Labute approximate surface area is 99.1 Å². The molecule has 0 heterocycles. The highest BCUT2D eigenvalue weighted by Crippen LogP contribution is 2.66. The summed E-state index contributed by atoms with van der Waals surface area (Å²) in [5, 5.41) is 0. The predicted molar refractivity (Wildman–Crippen MR) is 64.2 cm³/mol. The van der Waals surface area contributed by atoms with Crippen LogP contribution in [0.4, 0.5) is 0 Å². The smallest absolute Gasteiger partial charge is 0.0872 e. The molecule has 0 aromatic carbocycles. The Kier molecular flexibility index (Phi) is 2.23. The summed E-state index contributed by atoms with van der Waals surface area (Å²) in [5.74, 6) is 2.02. The Morgan fingerprint density at radius 3 is 1.56 bits per heavy atom. The third kappa shape index (κ3) is 1.32. The molecule has 6 N–H and O–H groups in total. The molecule has 4 bridgehead atoms. The zero-order valence-corrected chi connectivity index (χ0v) is 11.0. The summed E-state index contributed by atoms with van der Waals surface area (Å²) in [6.45, 7) is 4.71. The average molecular weight is 224 g/mol. The molecule has 4 atom stereocenters. The van der Waals surface area contributed by atoms with E-state index in [4.69, 9.17) is 0 Å². The maximum atomic E-state index is 4.40. The molecule has 4 fully saturated rings. The van der Waals surface area contributed by atoms with Crippen molar-refractivity contribution in [3.05, 3.63) is 0 Å². The highest BCUT2D eigenvalue weighted by Gasteiger charge is 2.61. The van der Waals surface area contributed by atoms with Gasteiger partial charge in [-0.1, -0.05) is 0 Å². The summed E-state index contributed by atoms with van der Waals surface area (Å²) in [4.78, 5) is 0. The Bertz CT molecular complexity index is 255. The van der Waals surface area contributed by atoms with Crippen molar-refractivity contribution in [2.75, 3.05) is 0 Å². The maximum absolute atomic E-state index is 4.40. The van der Waals surface area contributed by atoms with Gasteiger partial charge in [0.15, 0.2) is 0 Å². The zero-order chi connectivity index (χ0) is 11.6. The van der Waals surface area contributed by atoms with Crippen LogP contribution in [-0.4, -0.2) is 12.1 Å². The van der Waals surface area contributed by atoms with E-state index in [1.807, 2.05) is 0 Å². The summed E-state index contributed by atoms with van der Waals surface area (Å²) in [7, 11) is 0. The molecule has 2 heteroatoms. The van der Waals surface area contributed by atoms with E-state index >= 15 is 0 Å². The largest absolute Gasteiger partial charge is 0.355 e. The van der Waals surface area contributed by atoms with Crippen molar-refractivity contribution in [1.82, 2.24) is 0 Å². The maximum Gasteiger partial charge on any atom is 0.0872 e. The Balaban J connectivity index is 1.97. The third-order valence-electron chi connectivity index (χ3n) is 6.24. The molecule has 0 aliphatic heterocycles. The molecular weight excluding hydrogens is 196 g/mol. The fourth-order valence-corrected chi connectivity index (χ4v) is 5.56. The molecule has 4 aliphatic rings. The van der Waals surface area contributed by atoms with Gasteiger partial charge in [0.25, 0.3) is 0 Å². The minimum absolute atomic E-state index is 0.593. The van der Waals surface area contributed by atoms with Crippen molar-refractivity contribution < 1.29 is 11.5 Å². The van der Waals surface area contributed by atoms with Crippen LogP contribution in [0, 0.1) is 22.7 Å². The van der Waals surface area contributed by atoms with Crippen molar-refractivity contribution >= 4 is 0 Å². The van der Waals surface area contributed by atoms with Crippen LogP contribution in [-0.2, 0) is 0 Å². The van der Waals surface area contributed by atoms with Gasteiger partial charge in [0, 0.05) is 10.8 Å². The van der Waals surface area contributed by atoms with E-state index in [0.717, 1.165) is 11.8 Å². The van der Waals surface area contributed by atoms with Crippen LogP contribution >= 0.6 is 0 Å². The second-order valence-electron chi connectivity index (χ2n) is 7.49. The van der Waals surface area contributed by atoms with Gasteiger partial charge in [-0.3, -0.25) is 0 Å². The van der Waals surface area contributed by atoms with Crippen molar-refractivity contribution in [1.29, 1.82) is 0 Å². The molecule has 92 valence electrons. The molecule has 0 amide bonds. The first-order chi connectivity index (χ1) is 7.46. The van der Waals surface area contributed by atoms with Crippen LogP contribution in [0.5, 0.6) is 0 Å². The number of rotatable bonds is 2. The number of hydrogen-bond acceptors (Lipinski definition) is 0. The second kappa shape index (κ2) is 3.23. The van der Waals surface area contributed by atoms with Gasteiger partial charge in [-0.15, -0.1) is 0 Å². The molecule has 4 saturated carbocycles. The molecule has 0 spiro atoms. The van der Waals surface area contributed by atoms with E-state index in [-0.39, 0.29) is 0 Å². The predicted octanol–water partition coefficient (Wildman–Crippen LogP) is 0.834. The average Bonchev–Trinajstić information content (AvgIpc) is 2.14. The third-order valence-corrected chi connectivity index (χ3v) is 6.24. The molecule has 0 aromatic rings. The zero-order valence-electron chi connectivity index (χ0n) is 11.0. The van der Waals surface area contributed by atoms with Crippen LogP contribution in [0.25, 0.3) is 0 Å². The van der Waals surface area contributed by atoms with Gasteiger partial charge in [0.05, 0.1) is 12.1 Å². The Morgan fingerprint density at radius 1 is 0.875 bits per heavy atom. The summed E-state index contributed by atoms with van der Waals surface area (Å²) < 4.78 is 0. The number of hydrogen-bond donors (Lipinski definition) is 2. The van der Waals surface area contributed by atoms with Crippen molar-refractivity contribution in [3.63, 3.8) is 0 Å². The van der Waals surface area contributed by atoms with Crippen LogP contribution in [0.15, 0.2) is 0 Å². The van der Waals surface area contributed by atoms with Gasteiger partial charge in [-0.05, 0) is 64.2 Å². The van der Waals surface area contributed by atoms with Gasteiger partial charge in [0.2, 0.25) is 0 Å². The lowest BCUT2D eigenvalue weighted by atomic mass is 9.41. The van der Waals surface area contributed by atoms with Crippen LogP contribution in [0.1, 0.15) is 52.4 Å². The molecule has 0 aromatic heterocycles. The molecule has 4 rings (SSSR count). The first kappa shape index (κ1) is 11.0. The number of quaternary nitrogens is 2. The molecular formula is C14H28N2+2. The Hall–Kier alpha value is -0.0800. The summed E-state index contributed by atoms with van der Waals surface area (Å²) in [5.41, 5.74) is 9.98.